The summed E-state index contributed by atoms with van der Waals surface area (Å²) in [6, 6.07) is 38.1. The molecule has 6 aromatic rings. The number of rotatable bonds is 4. The molecule has 4 aliphatic rings. The zero-order valence-corrected chi connectivity index (χ0v) is 36.4. The Morgan fingerprint density at radius 2 is 1.15 bits per heavy atom. The number of aliphatic hydroxyl groups excluding tert-OH is 1. The first-order valence-electron chi connectivity index (χ1n) is 23.8. The molecule has 8 nitrogen and oxygen atoms in total. The number of hydrogen-bond acceptors (Lipinski definition) is 4. The molecule has 6 atom stereocenters. The fraction of sp³-hybridized carbons (Fsp3) is 0.315. The molecule has 316 valence electrons. The van der Waals surface area contributed by atoms with E-state index in [1.807, 2.05) is 32.1 Å². The van der Waals surface area contributed by atoms with Gasteiger partial charge in [0.25, 0.3) is 0 Å². The van der Waals surface area contributed by atoms with Crippen molar-refractivity contribution in [3.8, 4) is 33.6 Å². The maximum atomic E-state index is 12.6. The van der Waals surface area contributed by atoms with E-state index >= 15 is 0 Å². The molecular formula is C54H58N6O2. The highest BCUT2D eigenvalue weighted by molar-refractivity contribution is 6.00. The van der Waals surface area contributed by atoms with Crippen LogP contribution in [0, 0.1) is 50.7 Å². The predicted molar refractivity (Wildman–Crippen MR) is 251 cm³/mol. The second-order valence-electron chi connectivity index (χ2n) is 18.1. The molecule has 0 aliphatic heterocycles. The molecule has 2 aromatic heterocycles. The highest BCUT2D eigenvalue weighted by Gasteiger charge is 2.51. The number of carbonyl (C=O) groups is 1. The number of carbonyl (C=O) groups excluding carboxylic acids is 1. The molecule has 0 bridgehead atoms. The summed E-state index contributed by atoms with van der Waals surface area (Å²) in [4.78, 5) is 29.8. The van der Waals surface area contributed by atoms with Crippen molar-refractivity contribution >= 4 is 5.78 Å². The van der Waals surface area contributed by atoms with Crippen LogP contribution in [0.2, 0.25) is 0 Å². The lowest BCUT2D eigenvalue weighted by atomic mass is 9.58. The van der Waals surface area contributed by atoms with Crippen molar-refractivity contribution in [2.24, 2.45) is 23.7 Å². The lowest BCUT2D eigenvalue weighted by molar-refractivity contribution is -0.121. The van der Waals surface area contributed by atoms with E-state index in [1.54, 1.807) is 0 Å². The third kappa shape index (κ3) is 6.52. The Kier molecular flexibility index (Phi) is 9.61. The average Bonchev–Trinajstić information content (AvgIpc) is 3.90. The van der Waals surface area contributed by atoms with Crippen LogP contribution in [-0.4, -0.2) is 30.0 Å². The van der Waals surface area contributed by atoms with Crippen molar-refractivity contribution in [3.63, 3.8) is 0 Å². The molecule has 4 aliphatic carbocycles. The lowest BCUT2D eigenvalue weighted by Crippen LogP contribution is -2.45. The van der Waals surface area contributed by atoms with Gasteiger partial charge in [0.05, 0.1) is 30.3 Å². The Hall–Kier alpha value is -6.77. The molecule has 0 amide bonds. The van der Waals surface area contributed by atoms with Crippen molar-refractivity contribution in [1.82, 2.24) is 19.1 Å². The molecule has 0 spiro atoms. The summed E-state index contributed by atoms with van der Waals surface area (Å²) in [5, 5.41) is 10.5. The van der Waals surface area contributed by atoms with E-state index < -0.39 is 0 Å². The van der Waals surface area contributed by atoms with Gasteiger partial charge in [-0.05, 0) is 104 Å². The number of aromatic nitrogens is 4. The first kappa shape index (κ1) is 38.2. The summed E-state index contributed by atoms with van der Waals surface area (Å²) >= 11 is 0. The van der Waals surface area contributed by atoms with Gasteiger partial charge in [0.2, 0.25) is 11.4 Å². The number of fused-ring (bicyclic) bond motifs is 6. The van der Waals surface area contributed by atoms with E-state index in [0.717, 1.165) is 60.1 Å². The SMILES string of the molecule is [3HH].[3H][3H].[3H][3H].[C-]#[N+]C1=C(O)[C@@H](C)[C@@H]2CCc3c(nc(C)n3-c3ccc(-c4ccccc4)cc3)[C@@]2(C)C1.[C-]#[N+]C1=C[C@]2(C)c3nc(C)n(-c4ccc(-c5ccccc5)cc4)c3CC[C@H]2[C@H](C)C1=O. The monoisotopic (exact) mass is 833 g/mol. The number of hydrogen-bond donors (Lipinski definition) is 1. The second-order valence-corrected chi connectivity index (χ2v) is 18.1. The van der Waals surface area contributed by atoms with Gasteiger partial charge in [-0.3, -0.25) is 0 Å². The first-order chi connectivity index (χ1) is 31.9. The van der Waals surface area contributed by atoms with Crippen LogP contribution in [0.25, 0.3) is 43.3 Å². The predicted octanol–water partition coefficient (Wildman–Crippen LogP) is 12.8. The van der Waals surface area contributed by atoms with Gasteiger partial charge in [0, 0.05) is 52.8 Å². The molecule has 0 saturated carbocycles. The van der Waals surface area contributed by atoms with Gasteiger partial charge in [0.1, 0.15) is 11.6 Å². The Morgan fingerprint density at radius 1 is 0.677 bits per heavy atom. The minimum absolute atomic E-state index is 0. The van der Waals surface area contributed by atoms with Crippen LogP contribution in [0.4, 0.5) is 0 Å². The van der Waals surface area contributed by atoms with Gasteiger partial charge in [-0.2, -0.15) is 0 Å². The molecule has 0 unspecified atom stereocenters. The molecule has 10 rings (SSSR count). The zero-order valence-electron chi connectivity index (χ0n) is 40.4. The van der Waals surface area contributed by atoms with Crippen molar-refractivity contribution in [1.29, 1.82) is 0 Å². The highest BCUT2D eigenvalue weighted by Crippen LogP contribution is 2.54. The minimum Gasteiger partial charge on any atom is -0.523 e. The van der Waals surface area contributed by atoms with Crippen LogP contribution in [-0.2, 0) is 28.5 Å². The van der Waals surface area contributed by atoms with E-state index in [0.29, 0.717) is 18.0 Å². The molecule has 2 heterocycles. The first-order valence-corrected chi connectivity index (χ1v) is 21.8. The topological polar surface area (TPSA) is 81.7 Å². The minimum atomic E-state index is -0.388. The smallest absolute Gasteiger partial charge is 0.226 e. The normalized spacial score (nSPS) is 25.1. The maximum absolute atomic E-state index is 12.6. The van der Waals surface area contributed by atoms with Gasteiger partial charge in [0.15, 0.2) is 5.78 Å². The van der Waals surface area contributed by atoms with Crippen LogP contribution >= 0.6 is 0 Å². The van der Waals surface area contributed by atoms with E-state index in [2.05, 4.69) is 144 Å². The summed E-state index contributed by atoms with van der Waals surface area (Å²) in [5.41, 5.74) is 11.8. The van der Waals surface area contributed by atoms with Gasteiger partial charge < -0.3 is 19.0 Å². The molecule has 0 fully saturated rings. The van der Waals surface area contributed by atoms with Crippen molar-refractivity contribution in [2.75, 3.05) is 0 Å². The van der Waals surface area contributed by atoms with Crippen LogP contribution in [0.15, 0.2) is 132 Å². The molecule has 62 heavy (non-hydrogen) atoms. The van der Waals surface area contributed by atoms with E-state index in [4.69, 9.17) is 29.1 Å². The third-order valence-corrected chi connectivity index (χ3v) is 14.6. The van der Waals surface area contributed by atoms with Crippen molar-refractivity contribution < 1.29 is 17.3 Å². The van der Waals surface area contributed by atoms with Gasteiger partial charge in [-0.25, -0.2) is 19.7 Å². The number of aryl methyl sites for hydroxylation is 2. The molecule has 1 N–H and O–H groups in total. The van der Waals surface area contributed by atoms with Gasteiger partial charge in [-0.15, -0.1) is 0 Å². The van der Waals surface area contributed by atoms with E-state index in [-0.39, 0.29) is 47.2 Å². The molecule has 0 saturated heterocycles. The Labute approximate surface area is 372 Å². The summed E-state index contributed by atoms with van der Waals surface area (Å²) in [6.07, 6.45) is 6.18. The number of aliphatic hydroxyl groups is 1. The largest absolute Gasteiger partial charge is 0.523 e. The quantitative estimate of drug-likeness (QED) is 0.179. The third-order valence-electron chi connectivity index (χ3n) is 14.6. The number of allylic oxidation sites excluding steroid dienone is 4. The molecule has 4 aromatic carbocycles. The van der Waals surface area contributed by atoms with Crippen LogP contribution < -0.4 is 0 Å². The fourth-order valence-electron chi connectivity index (χ4n) is 11.4. The van der Waals surface area contributed by atoms with Crippen molar-refractivity contribution in [2.45, 2.75) is 84.5 Å². The molecule has 8 heteroatoms. The Morgan fingerprint density at radius 3 is 1.65 bits per heavy atom. The number of imidazole rings is 2. The van der Waals surface area contributed by atoms with E-state index in [1.165, 1.54) is 33.6 Å². The number of Topliss-reactive ketones (excluding diaryl/α,β-unsaturated/α-hetero) is 1. The summed E-state index contributed by atoms with van der Waals surface area (Å²) < 4.78 is 24.5. The molecular weight excluding hydrogens is 765 g/mol. The Balaban J connectivity index is 0.000000203. The van der Waals surface area contributed by atoms with Gasteiger partial charge >= 0.3 is 0 Å². The number of benzene rings is 4. The van der Waals surface area contributed by atoms with Crippen LogP contribution in [0.5, 0.6) is 0 Å². The lowest BCUT2D eigenvalue weighted by Gasteiger charge is -2.47. The summed E-state index contributed by atoms with van der Waals surface area (Å²) in [7, 11) is 0. The van der Waals surface area contributed by atoms with Crippen molar-refractivity contribution in [3.05, 3.63) is 190 Å². The van der Waals surface area contributed by atoms with Gasteiger partial charge in [-0.1, -0.05) is 119 Å². The second kappa shape index (κ2) is 15.6. The molecule has 0 radical (unpaired) electrons. The number of nitrogens with zero attached hydrogens (tertiary/aromatic N) is 6. The van der Waals surface area contributed by atoms with Crippen LogP contribution in [0.3, 0.4) is 0 Å². The highest BCUT2D eigenvalue weighted by atomic mass is 16.3. The Bertz CT molecular complexity index is 2880. The number of ketones is 1. The standard InChI is InChI=1S/C27H27N3O.C27H25N3O.3H2/c2*1-17-22-14-15-24-26(27(22,3)16-23(28-4)25(17)31)29-18(2)30(24)21-12-10-20(11-13-21)19-8-6-5-7-9-19;;;/h5-13,17,22,31H,14-16H2,1-3H3;5-13,16-17,22H,14-15H2,1-3H3;3*1H/t2*17-,22-,27-;;;/m00.../s1/i;;2*1+2T;1+2. The summed E-state index contributed by atoms with van der Waals surface area (Å²) in [6.45, 7) is 27.5. The maximum Gasteiger partial charge on any atom is 0.226 e. The van der Waals surface area contributed by atoms with Crippen LogP contribution in [0.1, 0.15) is 88.7 Å². The summed E-state index contributed by atoms with van der Waals surface area (Å²) in [5.74, 6) is 2.52. The fourth-order valence-corrected chi connectivity index (χ4v) is 11.4. The van der Waals surface area contributed by atoms with E-state index in [9.17, 15) is 9.90 Å². The average molecular weight is 833 g/mol. The zero-order chi connectivity index (χ0) is 47.5.